The van der Waals surface area contributed by atoms with E-state index in [2.05, 4.69) is 9.97 Å². The molecule has 0 saturated carbocycles. The average Bonchev–Trinajstić information content (AvgIpc) is 2.95. The van der Waals surface area contributed by atoms with Crippen LogP contribution >= 0.6 is 11.3 Å². The van der Waals surface area contributed by atoms with Gasteiger partial charge in [-0.25, -0.2) is 4.98 Å². The van der Waals surface area contributed by atoms with Crippen molar-refractivity contribution in [2.24, 2.45) is 0 Å². The third-order valence-corrected chi connectivity index (χ3v) is 3.51. The smallest absolute Gasteiger partial charge is 0.301 e. The molecule has 0 aliphatic carbocycles. The minimum Gasteiger partial charge on any atom is -0.490 e. The summed E-state index contributed by atoms with van der Waals surface area (Å²) in [5.41, 5.74) is 1.09. The second-order valence-electron chi connectivity index (χ2n) is 3.98. The maximum absolute atomic E-state index is 12.2. The summed E-state index contributed by atoms with van der Waals surface area (Å²) in [5.74, 6) is 0.230. The first kappa shape index (κ1) is 12.6. The molecule has 0 fully saturated rings. The minimum atomic E-state index is -0.209. The van der Waals surface area contributed by atoms with Crippen LogP contribution in [0.2, 0.25) is 0 Å². The third kappa shape index (κ3) is 2.21. The normalized spacial score (nSPS) is 11.2. The highest BCUT2D eigenvalue weighted by atomic mass is 32.1. The summed E-state index contributed by atoms with van der Waals surface area (Å²) >= 11 is 1.40. The van der Waals surface area contributed by atoms with Crippen LogP contribution in [0.15, 0.2) is 40.8 Å². The van der Waals surface area contributed by atoms with E-state index >= 15 is 0 Å². The van der Waals surface area contributed by atoms with Crippen molar-refractivity contribution in [3.05, 3.63) is 57.7 Å². The Balaban J connectivity index is 2.11. The van der Waals surface area contributed by atoms with Crippen LogP contribution < -0.4 is 10.3 Å². The number of thiazole rings is 1. The van der Waals surface area contributed by atoms with Gasteiger partial charge in [-0.15, -0.1) is 11.3 Å². The summed E-state index contributed by atoms with van der Waals surface area (Å²) in [7, 11) is 1.47. The van der Waals surface area contributed by atoms with Gasteiger partial charge in [-0.1, -0.05) is 6.07 Å². The van der Waals surface area contributed by atoms with Crippen molar-refractivity contribution < 1.29 is 4.74 Å². The van der Waals surface area contributed by atoms with Gasteiger partial charge in [0.05, 0.1) is 12.8 Å². The van der Waals surface area contributed by atoms with E-state index < -0.39 is 0 Å². The number of hydrogen-bond acceptors (Lipinski definition) is 5. The number of rotatable bonds is 3. The van der Waals surface area contributed by atoms with Gasteiger partial charge in [0.1, 0.15) is 5.69 Å². The quantitative estimate of drug-likeness (QED) is 0.741. The first-order valence-electron chi connectivity index (χ1n) is 5.92. The summed E-state index contributed by atoms with van der Waals surface area (Å²) in [5, 5.41) is 1.81. The van der Waals surface area contributed by atoms with Crippen molar-refractivity contribution in [3.63, 3.8) is 0 Å². The van der Waals surface area contributed by atoms with Crippen molar-refractivity contribution in [2.75, 3.05) is 7.11 Å². The number of ether oxygens (including phenoxy) is 1. The van der Waals surface area contributed by atoms with E-state index in [9.17, 15) is 4.79 Å². The fourth-order valence-electron chi connectivity index (χ4n) is 1.82. The molecular weight excluding hydrogens is 274 g/mol. The van der Waals surface area contributed by atoms with Crippen LogP contribution in [0.5, 0.6) is 5.75 Å². The number of methoxy groups -OCH3 is 1. The third-order valence-electron chi connectivity index (χ3n) is 2.76. The molecule has 0 spiro atoms. The standard InChI is InChI=1S/C14H11N3O2S/c1-19-12-11(6-5-10-4-2-3-7-15-10)16-14-17(13(12)18)8-9-20-14/h2-9H,1H3/b6-5+. The lowest BCUT2D eigenvalue weighted by molar-refractivity contribution is 0.404. The molecule has 0 radical (unpaired) electrons. The van der Waals surface area contributed by atoms with Crippen molar-refractivity contribution >= 4 is 28.4 Å². The molecule has 0 aromatic carbocycles. The van der Waals surface area contributed by atoms with Crippen LogP contribution in [0.1, 0.15) is 11.4 Å². The van der Waals surface area contributed by atoms with Crippen LogP contribution in [0.4, 0.5) is 0 Å². The predicted octanol–water partition coefficient (Wildman–Crippen LogP) is 2.33. The molecule has 3 rings (SSSR count). The Labute approximate surface area is 118 Å². The summed E-state index contributed by atoms with van der Waals surface area (Å²) in [6.45, 7) is 0. The molecule has 20 heavy (non-hydrogen) atoms. The van der Waals surface area contributed by atoms with E-state index in [1.807, 2.05) is 23.6 Å². The molecule has 5 nitrogen and oxygen atoms in total. The minimum absolute atomic E-state index is 0.209. The van der Waals surface area contributed by atoms with Crippen LogP contribution in [0, 0.1) is 0 Å². The molecule has 0 atom stereocenters. The fourth-order valence-corrected chi connectivity index (χ4v) is 2.54. The molecule has 0 unspecified atom stereocenters. The molecule has 0 bridgehead atoms. The number of fused-ring (bicyclic) bond motifs is 1. The van der Waals surface area contributed by atoms with E-state index in [4.69, 9.17) is 4.74 Å². The lowest BCUT2D eigenvalue weighted by Crippen LogP contribution is -2.16. The second kappa shape index (κ2) is 5.26. The molecule has 6 heteroatoms. The topological polar surface area (TPSA) is 56.5 Å². The summed E-state index contributed by atoms with van der Waals surface area (Å²) in [6.07, 6.45) is 6.93. The number of aromatic nitrogens is 3. The van der Waals surface area contributed by atoms with Crippen LogP contribution in [0.25, 0.3) is 17.1 Å². The number of pyridine rings is 1. The Hall–Kier alpha value is -2.47. The highest BCUT2D eigenvalue weighted by molar-refractivity contribution is 7.15. The Kier molecular flexibility index (Phi) is 3.30. The summed E-state index contributed by atoms with van der Waals surface area (Å²) in [6, 6.07) is 5.62. The van der Waals surface area contributed by atoms with Gasteiger partial charge < -0.3 is 4.74 Å². The van der Waals surface area contributed by atoms with Gasteiger partial charge in [0, 0.05) is 17.8 Å². The van der Waals surface area contributed by atoms with Crippen LogP contribution in [-0.2, 0) is 0 Å². The Morgan fingerprint density at radius 2 is 2.25 bits per heavy atom. The van der Waals surface area contributed by atoms with E-state index in [0.717, 1.165) is 5.69 Å². The van der Waals surface area contributed by atoms with E-state index in [1.165, 1.54) is 22.8 Å². The lowest BCUT2D eigenvalue weighted by atomic mass is 10.3. The highest BCUT2D eigenvalue weighted by Crippen LogP contribution is 2.17. The van der Waals surface area contributed by atoms with Gasteiger partial charge in [0.15, 0.2) is 4.96 Å². The van der Waals surface area contributed by atoms with Gasteiger partial charge >= 0.3 is 5.56 Å². The molecule has 0 amide bonds. The molecule has 3 heterocycles. The van der Waals surface area contributed by atoms with E-state index in [-0.39, 0.29) is 11.3 Å². The first-order chi connectivity index (χ1) is 9.79. The molecule has 3 aromatic heterocycles. The molecule has 100 valence electrons. The van der Waals surface area contributed by atoms with Gasteiger partial charge in [-0.2, -0.15) is 0 Å². The van der Waals surface area contributed by atoms with Crippen LogP contribution in [-0.4, -0.2) is 21.5 Å². The van der Waals surface area contributed by atoms with Gasteiger partial charge in [0.2, 0.25) is 5.75 Å². The maximum atomic E-state index is 12.2. The Bertz CT molecular complexity index is 821. The average molecular weight is 285 g/mol. The molecular formula is C14H11N3O2S. The molecule has 0 saturated heterocycles. The summed E-state index contributed by atoms with van der Waals surface area (Å²) < 4.78 is 6.65. The molecule has 0 N–H and O–H groups in total. The zero-order valence-electron chi connectivity index (χ0n) is 10.7. The number of nitrogens with zero attached hydrogens (tertiary/aromatic N) is 3. The van der Waals surface area contributed by atoms with Crippen molar-refractivity contribution in [3.8, 4) is 5.75 Å². The summed E-state index contributed by atoms with van der Waals surface area (Å²) in [4.78, 5) is 21.5. The van der Waals surface area contributed by atoms with Crippen molar-refractivity contribution in [1.82, 2.24) is 14.4 Å². The lowest BCUT2D eigenvalue weighted by Gasteiger charge is -2.03. The monoisotopic (exact) mass is 285 g/mol. The molecule has 3 aromatic rings. The Morgan fingerprint density at radius 1 is 1.35 bits per heavy atom. The van der Waals surface area contributed by atoms with Crippen molar-refractivity contribution in [1.29, 1.82) is 0 Å². The van der Waals surface area contributed by atoms with E-state index in [0.29, 0.717) is 10.7 Å². The molecule has 0 aliphatic rings. The van der Waals surface area contributed by atoms with Crippen molar-refractivity contribution in [2.45, 2.75) is 0 Å². The fraction of sp³-hybridized carbons (Fsp3) is 0.0714. The van der Waals surface area contributed by atoms with Gasteiger partial charge in [-0.05, 0) is 24.3 Å². The molecule has 0 aliphatic heterocycles. The highest BCUT2D eigenvalue weighted by Gasteiger charge is 2.11. The second-order valence-corrected chi connectivity index (χ2v) is 4.85. The SMILES string of the molecule is COc1c(/C=C/c2ccccn2)nc2sccn2c1=O. The largest absolute Gasteiger partial charge is 0.490 e. The maximum Gasteiger partial charge on any atom is 0.301 e. The van der Waals surface area contributed by atoms with Crippen LogP contribution in [0.3, 0.4) is 0 Å². The van der Waals surface area contributed by atoms with Gasteiger partial charge in [-0.3, -0.25) is 14.2 Å². The zero-order valence-corrected chi connectivity index (χ0v) is 11.5. The van der Waals surface area contributed by atoms with E-state index in [1.54, 1.807) is 24.5 Å². The zero-order chi connectivity index (χ0) is 13.9. The first-order valence-corrected chi connectivity index (χ1v) is 6.80. The predicted molar refractivity (Wildman–Crippen MR) is 79.1 cm³/mol. The number of hydrogen-bond donors (Lipinski definition) is 0. The van der Waals surface area contributed by atoms with Gasteiger partial charge in [0.25, 0.3) is 0 Å². The Morgan fingerprint density at radius 3 is 3.00 bits per heavy atom.